The molecule has 0 bridgehead atoms. The number of nitrogens with zero attached hydrogens (tertiary/aromatic N) is 1. The molecule has 0 radical (unpaired) electrons. The average Bonchev–Trinajstić information content (AvgIpc) is 2.81. The first-order valence-electron chi connectivity index (χ1n) is 5.78. The van der Waals surface area contributed by atoms with Crippen LogP contribution in [-0.2, 0) is 0 Å². The Balaban J connectivity index is 2.15. The van der Waals surface area contributed by atoms with E-state index in [0.29, 0.717) is 0 Å². The van der Waals surface area contributed by atoms with Gasteiger partial charge >= 0.3 is 0 Å². The first-order valence-corrected chi connectivity index (χ1v) is 5.78. The van der Waals surface area contributed by atoms with Crippen molar-refractivity contribution < 1.29 is 8.78 Å². The second kappa shape index (κ2) is 5.27. The van der Waals surface area contributed by atoms with Gasteiger partial charge in [0.15, 0.2) is 0 Å². The Labute approximate surface area is 104 Å². The molecular formula is C13H15F2N3. The zero-order chi connectivity index (χ0) is 13.1. The Morgan fingerprint density at radius 3 is 2.39 bits per heavy atom. The lowest BCUT2D eigenvalue weighted by atomic mass is 10.0. The van der Waals surface area contributed by atoms with Crippen LogP contribution in [0.3, 0.4) is 0 Å². The molecule has 5 heteroatoms. The summed E-state index contributed by atoms with van der Waals surface area (Å²) in [6.45, 7) is 3.65. The van der Waals surface area contributed by atoms with Crippen LogP contribution < -0.4 is 5.32 Å². The quantitative estimate of drug-likeness (QED) is 0.876. The highest BCUT2D eigenvalue weighted by Crippen LogP contribution is 2.23. The minimum absolute atomic E-state index is 0.0437. The number of aromatic nitrogens is 2. The summed E-state index contributed by atoms with van der Waals surface area (Å²) in [5.41, 5.74) is 1.01. The van der Waals surface area contributed by atoms with Gasteiger partial charge in [0.05, 0.1) is 6.20 Å². The summed E-state index contributed by atoms with van der Waals surface area (Å²) in [5.74, 6) is -1.07. The van der Waals surface area contributed by atoms with E-state index in [2.05, 4.69) is 15.5 Å². The molecule has 1 aromatic heterocycles. The van der Waals surface area contributed by atoms with Gasteiger partial charge in [-0.05, 0) is 26.0 Å². The van der Waals surface area contributed by atoms with Crippen molar-refractivity contribution >= 4 is 0 Å². The molecule has 2 unspecified atom stereocenters. The fraction of sp³-hybridized carbons (Fsp3) is 0.308. The Kier molecular flexibility index (Phi) is 3.72. The van der Waals surface area contributed by atoms with Crippen molar-refractivity contribution in [2.45, 2.75) is 25.9 Å². The highest BCUT2D eigenvalue weighted by Gasteiger charge is 2.18. The fourth-order valence-electron chi connectivity index (χ4n) is 1.98. The van der Waals surface area contributed by atoms with Crippen molar-refractivity contribution in [1.82, 2.24) is 15.5 Å². The lowest BCUT2D eigenvalue weighted by molar-refractivity contribution is 0.450. The molecule has 2 atom stereocenters. The summed E-state index contributed by atoms with van der Waals surface area (Å²) >= 11 is 0. The summed E-state index contributed by atoms with van der Waals surface area (Å²) in [7, 11) is 0. The fourth-order valence-corrected chi connectivity index (χ4v) is 1.98. The van der Waals surface area contributed by atoms with Crippen LogP contribution in [0.2, 0.25) is 0 Å². The van der Waals surface area contributed by atoms with Crippen LogP contribution in [0.15, 0.2) is 30.6 Å². The number of rotatable bonds is 4. The normalized spacial score (nSPS) is 14.4. The predicted octanol–water partition coefficient (Wildman–Crippen LogP) is 3.10. The highest BCUT2D eigenvalue weighted by atomic mass is 19.1. The molecule has 2 N–H and O–H groups in total. The molecule has 2 aromatic rings. The molecule has 2 rings (SSSR count). The van der Waals surface area contributed by atoms with Gasteiger partial charge in [-0.15, -0.1) is 0 Å². The van der Waals surface area contributed by atoms with E-state index >= 15 is 0 Å². The predicted molar refractivity (Wildman–Crippen MR) is 64.9 cm³/mol. The van der Waals surface area contributed by atoms with E-state index in [9.17, 15) is 8.78 Å². The van der Waals surface area contributed by atoms with Crippen molar-refractivity contribution in [3.05, 3.63) is 53.4 Å². The number of nitrogens with one attached hydrogen (secondary N) is 2. The maximum atomic E-state index is 13.6. The Hall–Kier alpha value is -1.75. The van der Waals surface area contributed by atoms with Crippen LogP contribution in [-0.4, -0.2) is 10.2 Å². The molecule has 18 heavy (non-hydrogen) atoms. The van der Waals surface area contributed by atoms with Gasteiger partial charge in [0, 0.05) is 29.4 Å². The molecule has 0 aliphatic heterocycles. The van der Waals surface area contributed by atoms with Crippen molar-refractivity contribution in [2.75, 3.05) is 0 Å². The zero-order valence-electron chi connectivity index (χ0n) is 10.2. The van der Waals surface area contributed by atoms with Gasteiger partial charge in [-0.2, -0.15) is 5.10 Å². The minimum Gasteiger partial charge on any atom is -0.303 e. The minimum atomic E-state index is -0.533. The number of benzene rings is 1. The maximum absolute atomic E-state index is 13.6. The SMILES string of the molecule is CC(NC(C)c1c(F)cccc1F)c1cn[nH]c1. The number of hydrogen-bond donors (Lipinski definition) is 2. The third-order valence-corrected chi connectivity index (χ3v) is 2.95. The third kappa shape index (κ3) is 2.56. The Bertz CT molecular complexity index is 491. The lowest BCUT2D eigenvalue weighted by Gasteiger charge is -2.20. The smallest absolute Gasteiger partial charge is 0.130 e. The van der Waals surface area contributed by atoms with Crippen LogP contribution in [0.1, 0.15) is 37.1 Å². The molecule has 0 saturated heterocycles. The second-order valence-corrected chi connectivity index (χ2v) is 4.28. The number of H-pyrrole nitrogens is 1. The monoisotopic (exact) mass is 251 g/mol. The topological polar surface area (TPSA) is 40.7 Å². The Morgan fingerprint density at radius 1 is 1.17 bits per heavy atom. The van der Waals surface area contributed by atoms with Crippen molar-refractivity contribution in [1.29, 1.82) is 0 Å². The van der Waals surface area contributed by atoms with Crippen LogP contribution in [0.25, 0.3) is 0 Å². The largest absolute Gasteiger partial charge is 0.303 e. The van der Waals surface area contributed by atoms with Crippen molar-refractivity contribution in [2.24, 2.45) is 0 Å². The van der Waals surface area contributed by atoms with Gasteiger partial charge in [-0.25, -0.2) is 8.78 Å². The molecule has 0 aliphatic carbocycles. The molecule has 1 heterocycles. The molecule has 0 saturated carbocycles. The van der Waals surface area contributed by atoms with Crippen LogP contribution in [0.4, 0.5) is 8.78 Å². The number of halogens is 2. The van der Waals surface area contributed by atoms with E-state index in [4.69, 9.17) is 0 Å². The molecular weight excluding hydrogens is 236 g/mol. The van der Waals surface area contributed by atoms with Gasteiger partial charge in [0.1, 0.15) is 11.6 Å². The van der Waals surface area contributed by atoms with E-state index in [0.717, 1.165) is 5.56 Å². The summed E-state index contributed by atoms with van der Waals surface area (Å²) in [4.78, 5) is 0. The van der Waals surface area contributed by atoms with Gasteiger partial charge in [0.2, 0.25) is 0 Å². The summed E-state index contributed by atoms with van der Waals surface area (Å²) in [6.07, 6.45) is 3.43. The van der Waals surface area contributed by atoms with Crippen LogP contribution in [0.5, 0.6) is 0 Å². The standard InChI is InChI=1S/C13H15F2N3/c1-8(10-6-16-17-7-10)18-9(2)13-11(14)4-3-5-12(13)15/h3-9,18H,1-2H3,(H,16,17). The van der Waals surface area contributed by atoms with Gasteiger partial charge in [-0.3, -0.25) is 5.10 Å². The van der Waals surface area contributed by atoms with E-state index in [1.165, 1.54) is 18.2 Å². The first-order chi connectivity index (χ1) is 8.59. The first kappa shape index (κ1) is 12.7. The van der Waals surface area contributed by atoms with Crippen molar-refractivity contribution in [3.63, 3.8) is 0 Å². The molecule has 96 valence electrons. The molecule has 1 aromatic carbocycles. The van der Waals surface area contributed by atoms with E-state index in [1.807, 2.05) is 6.92 Å². The van der Waals surface area contributed by atoms with Gasteiger partial charge in [-0.1, -0.05) is 6.07 Å². The summed E-state index contributed by atoms with van der Waals surface area (Å²) in [5, 5.41) is 9.69. The second-order valence-electron chi connectivity index (χ2n) is 4.28. The Morgan fingerprint density at radius 2 is 1.83 bits per heavy atom. The van der Waals surface area contributed by atoms with Crippen molar-refractivity contribution in [3.8, 4) is 0 Å². The maximum Gasteiger partial charge on any atom is 0.130 e. The van der Waals surface area contributed by atoms with Gasteiger partial charge in [0.25, 0.3) is 0 Å². The average molecular weight is 251 g/mol. The molecule has 0 aliphatic rings. The van der Waals surface area contributed by atoms with Gasteiger partial charge < -0.3 is 5.32 Å². The molecule has 0 fully saturated rings. The molecule has 0 spiro atoms. The zero-order valence-corrected chi connectivity index (χ0v) is 10.2. The molecule has 0 amide bonds. The van der Waals surface area contributed by atoms with E-state index < -0.39 is 17.7 Å². The number of hydrogen-bond acceptors (Lipinski definition) is 2. The van der Waals surface area contributed by atoms with E-state index in [1.54, 1.807) is 19.3 Å². The summed E-state index contributed by atoms with van der Waals surface area (Å²) < 4.78 is 27.2. The number of aromatic amines is 1. The summed E-state index contributed by atoms with van der Waals surface area (Å²) in [6, 6.07) is 3.42. The van der Waals surface area contributed by atoms with Crippen LogP contribution >= 0.6 is 0 Å². The van der Waals surface area contributed by atoms with E-state index in [-0.39, 0.29) is 11.6 Å². The molecule has 3 nitrogen and oxygen atoms in total. The van der Waals surface area contributed by atoms with Crippen LogP contribution in [0, 0.1) is 11.6 Å². The highest BCUT2D eigenvalue weighted by molar-refractivity contribution is 5.23. The lowest BCUT2D eigenvalue weighted by Crippen LogP contribution is -2.23. The third-order valence-electron chi connectivity index (χ3n) is 2.95.